The van der Waals surface area contributed by atoms with Crippen molar-refractivity contribution in [2.75, 3.05) is 13.2 Å². The maximum absolute atomic E-state index is 12.2. The van der Waals surface area contributed by atoms with Crippen LogP contribution in [0.3, 0.4) is 0 Å². The van der Waals surface area contributed by atoms with Crippen LogP contribution in [-0.4, -0.2) is 42.8 Å². The number of esters is 1. The summed E-state index contributed by atoms with van der Waals surface area (Å²) >= 11 is 0. The number of amides is 2. The van der Waals surface area contributed by atoms with E-state index in [4.69, 9.17) is 4.74 Å². The second kappa shape index (κ2) is 8.97. The second-order valence-electron chi connectivity index (χ2n) is 7.08. The Morgan fingerprint density at radius 1 is 1.20 bits per heavy atom. The van der Waals surface area contributed by atoms with Gasteiger partial charge in [-0.3, -0.25) is 19.2 Å². The first-order chi connectivity index (χ1) is 11.9. The highest BCUT2D eigenvalue weighted by Crippen LogP contribution is 2.40. The minimum Gasteiger partial charge on any atom is -0.455 e. The largest absolute Gasteiger partial charge is 0.455 e. The van der Waals surface area contributed by atoms with Crippen LogP contribution in [0, 0.1) is 17.8 Å². The third-order valence-electron chi connectivity index (χ3n) is 5.05. The molecule has 0 aromatic carbocycles. The fraction of sp³-hybridized carbons (Fsp3) is 0.778. The summed E-state index contributed by atoms with van der Waals surface area (Å²) in [4.78, 5) is 47.8. The van der Waals surface area contributed by atoms with Crippen LogP contribution < -0.4 is 10.6 Å². The molecule has 2 amide bonds. The van der Waals surface area contributed by atoms with E-state index < -0.39 is 24.5 Å². The van der Waals surface area contributed by atoms with Gasteiger partial charge in [0.15, 0.2) is 6.61 Å². The van der Waals surface area contributed by atoms with Crippen molar-refractivity contribution in [1.82, 2.24) is 10.6 Å². The lowest BCUT2D eigenvalue weighted by molar-refractivity contribution is -0.156. The molecule has 0 aromatic rings. The maximum atomic E-state index is 12.2. The summed E-state index contributed by atoms with van der Waals surface area (Å²) in [5.41, 5.74) is 0. The Balaban J connectivity index is 1.73. The summed E-state index contributed by atoms with van der Waals surface area (Å²) in [5.74, 6) is -1.24. The number of nitrogens with one attached hydrogen (secondary N) is 2. The quantitative estimate of drug-likeness (QED) is 0.665. The van der Waals surface area contributed by atoms with Crippen molar-refractivity contribution in [3.8, 4) is 0 Å². The SMILES string of the molecule is CCCNC(=O)[C@@H](C)NC(=O)COC(=O)C1C[C@H]2CCC[C@@H](C1)C2=O. The lowest BCUT2D eigenvalue weighted by Crippen LogP contribution is -2.46. The molecule has 0 saturated heterocycles. The minimum absolute atomic E-state index is 0.0267. The molecule has 2 N–H and O–H groups in total. The number of Topliss-reactive ketones (excluding diaryl/α,β-unsaturated/α-hetero) is 1. The van der Waals surface area contributed by atoms with Crippen LogP contribution in [-0.2, 0) is 23.9 Å². The summed E-state index contributed by atoms with van der Waals surface area (Å²) < 4.78 is 5.11. The highest BCUT2D eigenvalue weighted by atomic mass is 16.5. The Labute approximate surface area is 148 Å². The Morgan fingerprint density at radius 2 is 1.84 bits per heavy atom. The Morgan fingerprint density at radius 3 is 2.44 bits per heavy atom. The highest BCUT2D eigenvalue weighted by Gasteiger charge is 2.41. The maximum Gasteiger partial charge on any atom is 0.309 e. The summed E-state index contributed by atoms with van der Waals surface area (Å²) in [7, 11) is 0. The second-order valence-corrected chi connectivity index (χ2v) is 7.08. The normalized spacial score (nSPS) is 26.5. The lowest BCUT2D eigenvalue weighted by Gasteiger charge is -2.36. The number of hydrogen-bond acceptors (Lipinski definition) is 5. The first-order valence-corrected chi connectivity index (χ1v) is 9.19. The van der Waals surface area contributed by atoms with Crippen molar-refractivity contribution in [3.05, 3.63) is 0 Å². The molecule has 2 saturated carbocycles. The van der Waals surface area contributed by atoms with Crippen molar-refractivity contribution < 1.29 is 23.9 Å². The summed E-state index contributed by atoms with van der Waals surface area (Å²) in [6.45, 7) is 3.68. The minimum atomic E-state index is -0.676. The molecule has 2 aliphatic carbocycles. The zero-order valence-electron chi connectivity index (χ0n) is 15.0. The molecule has 0 aromatic heterocycles. The number of carbonyl (C=O) groups excluding carboxylic acids is 4. The van der Waals surface area contributed by atoms with Gasteiger partial charge < -0.3 is 15.4 Å². The van der Waals surface area contributed by atoms with E-state index in [-0.39, 0.29) is 23.7 Å². The molecule has 7 nitrogen and oxygen atoms in total. The number of ketones is 1. The number of fused-ring (bicyclic) bond motifs is 2. The molecule has 0 radical (unpaired) electrons. The van der Waals surface area contributed by atoms with Crippen LogP contribution in [0.4, 0.5) is 0 Å². The van der Waals surface area contributed by atoms with Crippen LogP contribution in [0.5, 0.6) is 0 Å². The molecule has 2 fully saturated rings. The molecule has 7 heteroatoms. The van der Waals surface area contributed by atoms with Gasteiger partial charge in [-0.05, 0) is 39.0 Å². The van der Waals surface area contributed by atoms with Crippen LogP contribution in [0.25, 0.3) is 0 Å². The van der Waals surface area contributed by atoms with E-state index in [1.165, 1.54) is 0 Å². The van der Waals surface area contributed by atoms with E-state index >= 15 is 0 Å². The van der Waals surface area contributed by atoms with E-state index in [0.29, 0.717) is 25.2 Å². The van der Waals surface area contributed by atoms with E-state index in [2.05, 4.69) is 10.6 Å². The van der Waals surface area contributed by atoms with Crippen LogP contribution in [0.15, 0.2) is 0 Å². The predicted molar refractivity (Wildman–Crippen MR) is 90.4 cm³/mol. The van der Waals surface area contributed by atoms with Gasteiger partial charge in [0.25, 0.3) is 5.91 Å². The van der Waals surface area contributed by atoms with Crippen molar-refractivity contribution >= 4 is 23.6 Å². The number of ether oxygens (including phenoxy) is 1. The van der Waals surface area contributed by atoms with Gasteiger partial charge in [0.2, 0.25) is 5.91 Å². The summed E-state index contributed by atoms with van der Waals surface area (Å²) in [6.07, 6.45) is 4.63. The van der Waals surface area contributed by atoms with Crippen molar-refractivity contribution in [2.24, 2.45) is 17.8 Å². The van der Waals surface area contributed by atoms with Crippen molar-refractivity contribution in [1.29, 1.82) is 0 Å². The van der Waals surface area contributed by atoms with Gasteiger partial charge in [0.1, 0.15) is 11.8 Å². The lowest BCUT2D eigenvalue weighted by atomic mass is 9.67. The molecule has 1 unspecified atom stereocenters. The molecular weight excluding hydrogens is 324 g/mol. The average Bonchev–Trinajstić information content (AvgIpc) is 2.57. The molecule has 2 bridgehead atoms. The third-order valence-corrected chi connectivity index (χ3v) is 5.05. The molecule has 0 spiro atoms. The molecule has 0 heterocycles. The van der Waals surface area contributed by atoms with Gasteiger partial charge in [-0.15, -0.1) is 0 Å². The Kier molecular flexibility index (Phi) is 6.96. The standard InChI is InChI=1S/C18H28N2O5/c1-3-7-19-17(23)11(2)20-15(21)10-25-18(24)14-8-12-5-4-6-13(9-14)16(12)22/h11-14H,3-10H2,1-2H3,(H,19,23)(H,20,21)/t11-,12-,13+,14?/m1/s1. The van der Waals surface area contributed by atoms with E-state index in [1.807, 2.05) is 6.92 Å². The first kappa shape index (κ1) is 19.4. The van der Waals surface area contributed by atoms with Gasteiger partial charge in [-0.25, -0.2) is 0 Å². The van der Waals surface area contributed by atoms with Crippen LogP contribution in [0.1, 0.15) is 52.4 Å². The van der Waals surface area contributed by atoms with Crippen molar-refractivity contribution in [2.45, 2.75) is 58.4 Å². The van der Waals surface area contributed by atoms with Gasteiger partial charge in [-0.1, -0.05) is 13.3 Å². The van der Waals surface area contributed by atoms with E-state index in [0.717, 1.165) is 25.7 Å². The topological polar surface area (TPSA) is 102 Å². The summed E-state index contributed by atoms with van der Waals surface area (Å²) in [5, 5.41) is 5.20. The van der Waals surface area contributed by atoms with Gasteiger partial charge in [0, 0.05) is 18.4 Å². The number of carbonyl (C=O) groups is 4. The molecule has 0 aliphatic heterocycles. The van der Waals surface area contributed by atoms with Gasteiger partial charge >= 0.3 is 5.97 Å². The Bertz CT molecular complexity index is 518. The number of hydrogen-bond donors (Lipinski definition) is 2. The average molecular weight is 352 g/mol. The van der Waals surface area contributed by atoms with Gasteiger partial charge in [0.05, 0.1) is 5.92 Å². The number of rotatable bonds is 7. The fourth-order valence-corrected chi connectivity index (χ4v) is 3.68. The molecule has 2 rings (SSSR count). The smallest absolute Gasteiger partial charge is 0.309 e. The predicted octanol–water partition coefficient (Wildman–Crippen LogP) is 0.956. The molecule has 2 aliphatic rings. The molecule has 25 heavy (non-hydrogen) atoms. The third kappa shape index (κ3) is 5.28. The zero-order valence-corrected chi connectivity index (χ0v) is 15.0. The Hall–Kier alpha value is -1.92. The zero-order chi connectivity index (χ0) is 18.4. The van der Waals surface area contributed by atoms with E-state index in [1.54, 1.807) is 6.92 Å². The molecular formula is C18H28N2O5. The van der Waals surface area contributed by atoms with E-state index in [9.17, 15) is 19.2 Å². The van der Waals surface area contributed by atoms with Crippen LogP contribution in [0.2, 0.25) is 0 Å². The van der Waals surface area contributed by atoms with Gasteiger partial charge in [-0.2, -0.15) is 0 Å². The van der Waals surface area contributed by atoms with Crippen LogP contribution >= 0.6 is 0 Å². The monoisotopic (exact) mass is 352 g/mol. The fourth-order valence-electron chi connectivity index (χ4n) is 3.68. The molecule has 140 valence electrons. The first-order valence-electron chi connectivity index (χ1n) is 9.19. The summed E-state index contributed by atoms with van der Waals surface area (Å²) in [6, 6.07) is -0.676. The van der Waals surface area contributed by atoms with Crippen molar-refractivity contribution in [3.63, 3.8) is 0 Å². The highest BCUT2D eigenvalue weighted by molar-refractivity contribution is 5.89. The molecule has 4 atom stereocenters.